The highest BCUT2D eigenvalue weighted by atomic mass is 35.5. The normalized spacial score (nSPS) is 17.6. The molecule has 0 atom stereocenters. The lowest BCUT2D eigenvalue weighted by Gasteiger charge is -2.38. The lowest BCUT2D eigenvalue weighted by molar-refractivity contribution is -0.141. The number of hydrogen-bond donors (Lipinski definition) is 4. The molecule has 3 amide bonds. The van der Waals surface area contributed by atoms with Crippen LogP contribution in [0.3, 0.4) is 0 Å². The number of piperazine rings is 1. The Kier molecular flexibility index (Phi) is 7.90. The molecule has 1 aromatic carbocycles. The fourth-order valence-electron chi connectivity index (χ4n) is 5.34. The van der Waals surface area contributed by atoms with Crippen molar-refractivity contribution in [1.29, 1.82) is 0 Å². The number of nitrogens with zero attached hydrogens (tertiary/aromatic N) is 4. The van der Waals surface area contributed by atoms with E-state index in [1.807, 2.05) is 0 Å². The minimum Gasteiger partial charge on any atom is -0.339 e. The van der Waals surface area contributed by atoms with E-state index in [9.17, 15) is 27.6 Å². The fraction of sp³-hybridized carbons (Fsp3) is 0.464. The first-order valence-corrected chi connectivity index (χ1v) is 14.5. The molecule has 0 bridgehead atoms. The minimum atomic E-state index is -4.61. The maximum absolute atomic E-state index is 13.6. The van der Waals surface area contributed by atoms with Crippen LogP contribution in [0, 0.1) is 11.8 Å². The molecule has 228 valence electrons. The Bertz CT molecular complexity index is 1540. The van der Waals surface area contributed by atoms with E-state index >= 15 is 0 Å². The molecule has 4 N–H and O–H groups in total. The molecule has 0 unspecified atom stereocenters. The van der Waals surface area contributed by atoms with Crippen molar-refractivity contribution in [3.63, 3.8) is 0 Å². The molecule has 3 fully saturated rings. The second kappa shape index (κ2) is 11.6. The number of anilines is 1. The van der Waals surface area contributed by atoms with E-state index < -0.39 is 17.8 Å². The van der Waals surface area contributed by atoms with Gasteiger partial charge in [-0.2, -0.15) is 18.3 Å². The van der Waals surface area contributed by atoms with Crippen molar-refractivity contribution in [3.8, 4) is 0 Å². The number of halogens is 4. The number of imidazole rings is 1. The monoisotopic (exact) mass is 618 g/mol. The highest BCUT2D eigenvalue weighted by Gasteiger charge is 2.39. The number of carbonyl (C=O) groups is 3. The zero-order chi connectivity index (χ0) is 30.3. The standard InChI is InChI=1S/C28H30ClF3N8O3/c29-21-11-17(3-4-19(21)27(43)40-7-5-39(6-8-40)26(42)16-12-33-13-16)36-25(41)24-34-14-18(35-24)10-20-22(9-15-1-2-15)37-38-23(20)28(30,31)32/h3-4,11,14-16,33H,1-2,5-10,12-13H2,(H,34,35)(H,36,41)(H,37,38). The zero-order valence-corrected chi connectivity index (χ0v) is 23.8. The van der Waals surface area contributed by atoms with Crippen LogP contribution in [-0.4, -0.2) is 87.0 Å². The van der Waals surface area contributed by atoms with Gasteiger partial charge in [-0.3, -0.25) is 19.5 Å². The van der Waals surface area contributed by atoms with Crippen molar-refractivity contribution >= 4 is 35.0 Å². The van der Waals surface area contributed by atoms with Crippen LogP contribution in [0.1, 0.15) is 56.5 Å². The summed E-state index contributed by atoms with van der Waals surface area (Å²) in [5.74, 6) is -0.501. The number of aromatic nitrogens is 4. The number of H-pyrrole nitrogens is 2. The van der Waals surface area contributed by atoms with Crippen molar-refractivity contribution in [1.82, 2.24) is 35.3 Å². The fourth-order valence-corrected chi connectivity index (χ4v) is 5.60. The summed E-state index contributed by atoms with van der Waals surface area (Å²) >= 11 is 6.42. The topological polar surface area (TPSA) is 139 Å². The van der Waals surface area contributed by atoms with Gasteiger partial charge in [-0.25, -0.2) is 4.98 Å². The van der Waals surface area contributed by atoms with Gasteiger partial charge >= 0.3 is 6.18 Å². The SMILES string of the molecule is O=C(Nc1ccc(C(=O)N2CCN(C(=O)C3CNC3)CC2)c(Cl)c1)c1ncc(Cc2c(C(F)(F)F)n[nH]c2CC2CC2)[nH]1. The van der Waals surface area contributed by atoms with Crippen LogP contribution in [0.4, 0.5) is 18.9 Å². The number of carbonyl (C=O) groups excluding carboxylic acids is 3. The average Bonchev–Trinajstić information content (AvgIpc) is 3.47. The number of hydrogen-bond acceptors (Lipinski definition) is 6. The van der Waals surface area contributed by atoms with Gasteiger partial charge in [0.25, 0.3) is 11.8 Å². The number of benzene rings is 1. The summed E-state index contributed by atoms with van der Waals surface area (Å²) in [6.07, 6.45) is -0.949. The van der Waals surface area contributed by atoms with E-state index in [1.165, 1.54) is 24.4 Å². The van der Waals surface area contributed by atoms with Gasteiger partial charge < -0.3 is 25.4 Å². The minimum absolute atomic E-state index is 0.00991. The Morgan fingerprint density at radius 3 is 2.42 bits per heavy atom. The van der Waals surface area contributed by atoms with Crippen LogP contribution in [0.25, 0.3) is 0 Å². The van der Waals surface area contributed by atoms with Crippen molar-refractivity contribution in [2.24, 2.45) is 11.8 Å². The summed E-state index contributed by atoms with van der Waals surface area (Å²) < 4.78 is 40.7. The first-order valence-electron chi connectivity index (χ1n) is 14.1. The van der Waals surface area contributed by atoms with Gasteiger partial charge in [0, 0.05) is 74.5 Å². The van der Waals surface area contributed by atoms with E-state index in [-0.39, 0.29) is 46.1 Å². The van der Waals surface area contributed by atoms with Gasteiger partial charge in [-0.1, -0.05) is 11.6 Å². The summed E-state index contributed by atoms with van der Waals surface area (Å²) in [7, 11) is 0. The molecule has 2 aliphatic heterocycles. The Hall–Kier alpha value is -3.91. The summed E-state index contributed by atoms with van der Waals surface area (Å²) in [5, 5.41) is 11.9. The third-order valence-corrected chi connectivity index (χ3v) is 8.40. The van der Waals surface area contributed by atoms with Crippen LogP contribution in [0.15, 0.2) is 24.4 Å². The van der Waals surface area contributed by atoms with Crippen molar-refractivity contribution in [3.05, 3.63) is 63.5 Å². The first kappa shape index (κ1) is 29.2. The molecule has 1 saturated carbocycles. The highest BCUT2D eigenvalue weighted by Crippen LogP contribution is 2.37. The Labute approximate surface area is 249 Å². The Morgan fingerprint density at radius 1 is 1.07 bits per heavy atom. The number of alkyl halides is 3. The zero-order valence-electron chi connectivity index (χ0n) is 23.1. The van der Waals surface area contributed by atoms with Crippen molar-refractivity contribution in [2.75, 3.05) is 44.6 Å². The van der Waals surface area contributed by atoms with Crippen LogP contribution < -0.4 is 10.6 Å². The van der Waals surface area contributed by atoms with Gasteiger partial charge in [0.1, 0.15) is 0 Å². The second-order valence-electron chi connectivity index (χ2n) is 11.2. The number of rotatable bonds is 8. The number of amides is 3. The average molecular weight is 619 g/mol. The van der Waals surface area contributed by atoms with Gasteiger partial charge in [0.15, 0.2) is 11.5 Å². The number of aromatic amines is 2. The lowest BCUT2D eigenvalue weighted by atomic mass is 10.0. The molecule has 4 heterocycles. The maximum atomic E-state index is 13.6. The van der Waals surface area contributed by atoms with Crippen LogP contribution in [-0.2, 0) is 23.8 Å². The summed E-state index contributed by atoms with van der Waals surface area (Å²) in [4.78, 5) is 48.7. The molecule has 3 aliphatic rings. The van der Waals surface area contributed by atoms with E-state index in [0.717, 1.165) is 12.8 Å². The van der Waals surface area contributed by atoms with Gasteiger partial charge in [0.05, 0.1) is 16.5 Å². The number of nitrogens with one attached hydrogen (secondary N) is 4. The predicted molar refractivity (Wildman–Crippen MR) is 150 cm³/mol. The Balaban J connectivity index is 1.07. The quantitative estimate of drug-likeness (QED) is 0.306. The molecule has 0 radical (unpaired) electrons. The summed E-state index contributed by atoms with van der Waals surface area (Å²) in [6, 6.07) is 4.50. The smallest absolute Gasteiger partial charge is 0.339 e. The predicted octanol–water partition coefficient (Wildman–Crippen LogP) is 3.10. The molecule has 2 aromatic heterocycles. The van der Waals surface area contributed by atoms with Gasteiger partial charge in [0.2, 0.25) is 5.91 Å². The van der Waals surface area contributed by atoms with Crippen molar-refractivity contribution < 1.29 is 27.6 Å². The first-order chi connectivity index (χ1) is 20.6. The maximum Gasteiger partial charge on any atom is 0.435 e. The third kappa shape index (κ3) is 6.39. The van der Waals surface area contributed by atoms with E-state index in [1.54, 1.807) is 9.80 Å². The third-order valence-electron chi connectivity index (χ3n) is 8.09. The van der Waals surface area contributed by atoms with Crippen molar-refractivity contribution in [2.45, 2.75) is 31.9 Å². The molecule has 15 heteroatoms. The second-order valence-corrected chi connectivity index (χ2v) is 11.6. The molecule has 6 rings (SSSR count). The van der Waals surface area contributed by atoms with Crippen LogP contribution >= 0.6 is 11.6 Å². The van der Waals surface area contributed by atoms with Crippen LogP contribution in [0.2, 0.25) is 5.02 Å². The molecule has 1 aliphatic carbocycles. The molecule has 43 heavy (non-hydrogen) atoms. The molecule has 0 spiro atoms. The summed E-state index contributed by atoms with van der Waals surface area (Å²) in [6.45, 7) is 3.08. The lowest BCUT2D eigenvalue weighted by Crippen LogP contribution is -2.57. The van der Waals surface area contributed by atoms with E-state index in [0.29, 0.717) is 68.7 Å². The van der Waals surface area contributed by atoms with Crippen LogP contribution in [0.5, 0.6) is 0 Å². The van der Waals surface area contributed by atoms with E-state index in [2.05, 4.69) is 30.8 Å². The van der Waals surface area contributed by atoms with Gasteiger partial charge in [-0.05, 0) is 43.4 Å². The van der Waals surface area contributed by atoms with Gasteiger partial charge in [-0.15, -0.1) is 0 Å². The summed E-state index contributed by atoms with van der Waals surface area (Å²) in [5.41, 5.74) is 0.446. The molecule has 11 nitrogen and oxygen atoms in total. The largest absolute Gasteiger partial charge is 0.435 e. The Morgan fingerprint density at radius 2 is 1.79 bits per heavy atom. The molecular formula is C28H30ClF3N8O3. The molecule has 2 saturated heterocycles. The van der Waals surface area contributed by atoms with E-state index in [4.69, 9.17) is 11.6 Å². The highest BCUT2D eigenvalue weighted by molar-refractivity contribution is 6.34. The molecule has 3 aromatic rings. The molecular weight excluding hydrogens is 589 g/mol.